The Hall–Kier alpha value is -3.94. The van der Waals surface area contributed by atoms with Gasteiger partial charge in [0.25, 0.3) is 11.5 Å². The maximum absolute atomic E-state index is 12.5. The van der Waals surface area contributed by atoms with Crippen LogP contribution in [0, 0.1) is 13.8 Å². The predicted octanol–water partition coefficient (Wildman–Crippen LogP) is 2.76. The number of benzene rings is 2. The van der Waals surface area contributed by atoms with Crippen LogP contribution in [0.3, 0.4) is 0 Å². The Labute approximate surface area is 173 Å². The molecular weight excluding hydrogens is 384 g/mol. The van der Waals surface area contributed by atoms with Crippen LogP contribution < -0.4 is 20.9 Å². The minimum Gasteiger partial charge on any atom is -0.497 e. The van der Waals surface area contributed by atoms with Crippen molar-refractivity contribution >= 4 is 23.2 Å². The van der Waals surface area contributed by atoms with Gasteiger partial charge in [-0.15, -0.1) is 0 Å². The van der Waals surface area contributed by atoms with Crippen LogP contribution in [0.5, 0.6) is 5.75 Å². The average molecular weight is 406 g/mol. The highest BCUT2D eigenvalue weighted by Gasteiger charge is 2.13. The van der Waals surface area contributed by atoms with E-state index in [-0.39, 0.29) is 12.2 Å². The molecule has 0 aliphatic heterocycles. The second-order valence-corrected chi connectivity index (χ2v) is 6.75. The number of hydrogen-bond acceptors (Lipinski definition) is 5. The van der Waals surface area contributed by atoms with Gasteiger partial charge in [-0.3, -0.25) is 14.4 Å². The number of anilines is 2. The van der Waals surface area contributed by atoms with E-state index in [0.717, 1.165) is 15.8 Å². The number of hydrogen-bond donors (Lipinski definition) is 2. The maximum atomic E-state index is 12.5. The third kappa shape index (κ3) is 5.11. The van der Waals surface area contributed by atoms with Gasteiger partial charge in [0, 0.05) is 23.5 Å². The summed E-state index contributed by atoms with van der Waals surface area (Å²) in [5.41, 5.74) is 2.84. The lowest BCUT2D eigenvalue weighted by atomic mass is 10.1. The summed E-state index contributed by atoms with van der Waals surface area (Å²) in [6.07, 6.45) is 0. The Morgan fingerprint density at radius 3 is 2.47 bits per heavy atom. The van der Waals surface area contributed by atoms with E-state index in [0.29, 0.717) is 17.1 Å². The van der Waals surface area contributed by atoms with Gasteiger partial charge in [0.15, 0.2) is 0 Å². The van der Waals surface area contributed by atoms with E-state index in [4.69, 9.17) is 4.74 Å². The molecule has 3 rings (SSSR count). The number of rotatable bonds is 6. The van der Waals surface area contributed by atoms with Gasteiger partial charge < -0.3 is 15.4 Å². The molecule has 0 aliphatic rings. The molecule has 8 heteroatoms. The minimum atomic E-state index is -0.487. The third-order valence-corrected chi connectivity index (χ3v) is 4.51. The summed E-state index contributed by atoms with van der Waals surface area (Å²) < 4.78 is 6.06. The molecule has 3 aromatic rings. The summed E-state index contributed by atoms with van der Waals surface area (Å²) in [4.78, 5) is 36.9. The van der Waals surface area contributed by atoms with Crippen molar-refractivity contribution in [1.82, 2.24) is 9.78 Å². The Bertz CT molecular complexity index is 1150. The van der Waals surface area contributed by atoms with Crippen molar-refractivity contribution in [2.75, 3.05) is 17.7 Å². The first-order valence-electron chi connectivity index (χ1n) is 9.26. The van der Waals surface area contributed by atoms with Crippen molar-refractivity contribution in [3.05, 3.63) is 81.8 Å². The van der Waals surface area contributed by atoms with Crippen LogP contribution >= 0.6 is 0 Å². The lowest BCUT2D eigenvalue weighted by Gasteiger charge is -2.10. The molecule has 0 saturated heterocycles. The highest BCUT2D eigenvalue weighted by Crippen LogP contribution is 2.17. The van der Waals surface area contributed by atoms with Crippen LogP contribution in [0.25, 0.3) is 0 Å². The third-order valence-electron chi connectivity index (χ3n) is 4.51. The zero-order valence-corrected chi connectivity index (χ0v) is 16.9. The number of aryl methyl sites for hydroxylation is 2. The van der Waals surface area contributed by atoms with Gasteiger partial charge in [-0.25, -0.2) is 4.68 Å². The molecule has 2 aromatic carbocycles. The Balaban J connectivity index is 1.72. The highest BCUT2D eigenvalue weighted by atomic mass is 16.5. The Morgan fingerprint density at radius 2 is 1.73 bits per heavy atom. The number of methoxy groups -OCH3 is 1. The predicted molar refractivity (Wildman–Crippen MR) is 114 cm³/mol. The van der Waals surface area contributed by atoms with Gasteiger partial charge in [-0.2, -0.15) is 5.10 Å². The second-order valence-electron chi connectivity index (χ2n) is 6.75. The Kier molecular flexibility index (Phi) is 6.26. The highest BCUT2D eigenvalue weighted by molar-refractivity contribution is 6.02. The van der Waals surface area contributed by atoms with E-state index in [1.165, 1.54) is 19.2 Å². The molecule has 0 spiro atoms. The molecule has 0 bridgehead atoms. The van der Waals surface area contributed by atoms with Gasteiger partial charge in [0.2, 0.25) is 5.91 Å². The summed E-state index contributed by atoms with van der Waals surface area (Å²) in [6.45, 7) is 3.60. The minimum absolute atomic E-state index is 0.0296. The molecule has 0 atom stereocenters. The molecule has 154 valence electrons. The average Bonchev–Trinajstić information content (AvgIpc) is 2.72. The van der Waals surface area contributed by atoms with Crippen LogP contribution in [0.2, 0.25) is 0 Å². The molecule has 2 amide bonds. The summed E-state index contributed by atoms with van der Waals surface area (Å²) in [6, 6.07) is 14.9. The fourth-order valence-electron chi connectivity index (χ4n) is 2.73. The molecule has 0 unspecified atom stereocenters. The molecule has 30 heavy (non-hydrogen) atoms. The van der Waals surface area contributed by atoms with Crippen LogP contribution in [0.15, 0.2) is 59.4 Å². The summed E-state index contributed by atoms with van der Waals surface area (Å²) in [5, 5.41) is 9.45. The lowest BCUT2D eigenvalue weighted by molar-refractivity contribution is -0.117. The number of nitrogens with one attached hydrogen (secondary N) is 2. The van der Waals surface area contributed by atoms with E-state index in [2.05, 4.69) is 15.7 Å². The first-order valence-corrected chi connectivity index (χ1v) is 9.26. The molecule has 1 heterocycles. The molecule has 8 nitrogen and oxygen atoms in total. The number of amides is 2. The van der Waals surface area contributed by atoms with Gasteiger partial charge in [0.05, 0.1) is 7.11 Å². The first kappa shape index (κ1) is 20.8. The van der Waals surface area contributed by atoms with Crippen LogP contribution in [-0.4, -0.2) is 28.7 Å². The molecule has 0 saturated carbocycles. The number of nitrogens with zero attached hydrogens (tertiary/aromatic N) is 2. The smallest absolute Gasteiger partial charge is 0.276 e. The van der Waals surface area contributed by atoms with Gasteiger partial charge >= 0.3 is 0 Å². The summed E-state index contributed by atoms with van der Waals surface area (Å²) in [5.74, 6) is -0.335. The van der Waals surface area contributed by atoms with Gasteiger partial charge in [-0.05, 0) is 55.3 Å². The number of ether oxygens (including phenoxy) is 1. The van der Waals surface area contributed by atoms with Crippen molar-refractivity contribution in [3.8, 4) is 5.75 Å². The fraction of sp³-hybridized carbons (Fsp3) is 0.182. The quantitative estimate of drug-likeness (QED) is 0.655. The molecule has 0 radical (unpaired) electrons. The maximum Gasteiger partial charge on any atom is 0.276 e. The van der Waals surface area contributed by atoms with Crippen LogP contribution in [0.1, 0.15) is 21.6 Å². The van der Waals surface area contributed by atoms with E-state index in [1.54, 1.807) is 30.3 Å². The van der Waals surface area contributed by atoms with Crippen molar-refractivity contribution in [3.63, 3.8) is 0 Å². The standard InChI is InChI=1S/C22H22N4O4/c1-14-7-8-17(11-15(14)2)24-22(29)19-9-10-21(28)26(25-19)13-20(27)23-16-5-4-6-18(12-16)30-3/h4-12H,13H2,1-3H3,(H,23,27)(H,24,29). The second kappa shape index (κ2) is 9.04. The number of aromatic nitrogens is 2. The van der Waals surface area contributed by atoms with Crippen molar-refractivity contribution in [2.24, 2.45) is 0 Å². The van der Waals surface area contributed by atoms with Gasteiger partial charge in [0.1, 0.15) is 18.0 Å². The number of carbonyl (C=O) groups excluding carboxylic acids is 2. The molecule has 2 N–H and O–H groups in total. The van der Waals surface area contributed by atoms with E-state index in [1.807, 2.05) is 26.0 Å². The van der Waals surface area contributed by atoms with Crippen LogP contribution in [-0.2, 0) is 11.3 Å². The SMILES string of the molecule is COc1cccc(NC(=O)Cn2nc(C(=O)Nc3ccc(C)c(C)c3)ccc2=O)c1. The van der Waals surface area contributed by atoms with Crippen LogP contribution in [0.4, 0.5) is 11.4 Å². The zero-order chi connectivity index (χ0) is 21.7. The largest absolute Gasteiger partial charge is 0.497 e. The number of carbonyl (C=O) groups is 2. The lowest BCUT2D eigenvalue weighted by Crippen LogP contribution is -2.31. The topological polar surface area (TPSA) is 102 Å². The zero-order valence-electron chi connectivity index (χ0n) is 16.9. The molecule has 0 aliphatic carbocycles. The van der Waals surface area contributed by atoms with E-state index in [9.17, 15) is 14.4 Å². The monoisotopic (exact) mass is 406 g/mol. The fourth-order valence-corrected chi connectivity index (χ4v) is 2.73. The molecule has 1 aromatic heterocycles. The normalized spacial score (nSPS) is 10.4. The Morgan fingerprint density at radius 1 is 0.967 bits per heavy atom. The molecule has 0 fully saturated rings. The summed E-state index contributed by atoms with van der Waals surface area (Å²) >= 11 is 0. The van der Waals surface area contributed by atoms with Gasteiger partial charge in [-0.1, -0.05) is 12.1 Å². The van der Waals surface area contributed by atoms with Crippen molar-refractivity contribution < 1.29 is 14.3 Å². The summed E-state index contributed by atoms with van der Waals surface area (Å²) in [7, 11) is 1.53. The van der Waals surface area contributed by atoms with E-state index >= 15 is 0 Å². The van der Waals surface area contributed by atoms with Crippen molar-refractivity contribution in [2.45, 2.75) is 20.4 Å². The van der Waals surface area contributed by atoms with E-state index < -0.39 is 17.4 Å². The first-order chi connectivity index (χ1) is 14.4. The van der Waals surface area contributed by atoms with Crippen molar-refractivity contribution in [1.29, 1.82) is 0 Å². The molecular formula is C22H22N4O4.